The van der Waals surface area contributed by atoms with Crippen LogP contribution in [0.4, 0.5) is 0 Å². The Morgan fingerprint density at radius 3 is 2.72 bits per heavy atom. The number of methoxy groups -OCH3 is 1. The summed E-state index contributed by atoms with van der Waals surface area (Å²) in [4.78, 5) is 11.3. The number of hydrogen-bond donors (Lipinski definition) is 1. The Labute approximate surface area is 111 Å². The van der Waals surface area contributed by atoms with E-state index in [0.717, 1.165) is 25.9 Å². The minimum Gasteiger partial charge on any atom is -0.489 e. The van der Waals surface area contributed by atoms with Crippen LogP contribution in [0.5, 0.6) is 5.75 Å². The summed E-state index contributed by atoms with van der Waals surface area (Å²) in [5.41, 5.74) is 0.431. The maximum Gasteiger partial charge on any atom is 0.337 e. The molecule has 1 saturated heterocycles. The summed E-state index contributed by atoms with van der Waals surface area (Å²) in [6.07, 6.45) is 2.12. The van der Waals surface area contributed by atoms with Gasteiger partial charge in [-0.05, 0) is 44.1 Å². The van der Waals surface area contributed by atoms with Gasteiger partial charge in [0.05, 0.1) is 17.7 Å². The first kappa shape index (κ1) is 13.2. The zero-order valence-corrected chi connectivity index (χ0v) is 11.0. The van der Waals surface area contributed by atoms with Gasteiger partial charge >= 0.3 is 5.97 Å². The number of ether oxygens (including phenoxy) is 2. The second-order valence-electron chi connectivity index (χ2n) is 4.20. The molecule has 0 aromatic heterocycles. The van der Waals surface area contributed by atoms with E-state index in [1.807, 2.05) is 0 Å². The second-order valence-corrected chi connectivity index (χ2v) is 4.61. The first-order valence-corrected chi connectivity index (χ1v) is 6.33. The van der Waals surface area contributed by atoms with Crippen molar-refractivity contribution < 1.29 is 14.3 Å². The van der Waals surface area contributed by atoms with Crippen molar-refractivity contribution in [3.63, 3.8) is 0 Å². The van der Waals surface area contributed by atoms with Crippen molar-refractivity contribution in [3.8, 4) is 5.75 Å². The molecule has 1 aromatic carbocycles. The third kappa shape index (κ3) is 3.15. The van der Waals surface area contributed by atoms with E-state index in [9.17, 15) is 4.79 Å². The van der Waals surface area contributed by atoms with E-state index in [4.69, 9.17) is 16.3 Å². The highest BCUT2D eigenvalue weighted by Crippen LogP contribution is 2.28. The molecule has 0 aliphatic carbocycles. The number of carbonyl (C=O) groups is 1. The molecular weight excluding hydrogens is 254 g/mol. The van der Waals surface area contributed by atoms with Crippen molar-refractivity contribution in [2.24, 2.45) is 0 Å². The number of rotatable bonds is 3. The quantitative estimate of drug-likeness (QED) is 0.855. The fourth-order valence-corrected chi connectivity index (χ4v) is 2.16. The first-order chi connectivity index (χ1) is 8.70. The molecule has 1 N–H and O–H groups in total. The number of esters is 1. The summed E-state index contributed by atoms with van der Waals surface area (Å²) in [6, 6.07) is 4.95. The zero-order valence-electron chi connectivity index (χ0n) is 10.2. The monoisotopic (exact) mass is 269 g/mol. The average molecular weight is 270 g/mol. The minimum absolute atomic E-state index is 0.188. The maximum atomic E-state index is 11.3. The van der Waals surface area contributed by atoms with Crippen LogP contribution in [0.2, 0.25) is 5.02 Å². The van der Waals surface area contributed by atoms with E-state index in [1.54, 1.807) is 18.2 Å². The summed E-state index contributed by atoms with van der Waals surface area (Å²) in [7, 11) is 1.34. The number of halogens is 1. The topological polar surface area (TPSA) is 47.6 Å². The first-order valence-electron chi connectivity index (χ1n) is 5.96. The van der Waals surface area contributed by atoms with Gasteiger partial charge in [0.2, 0.25) is 0 Å². The van der Waals surface area contributed by atoms with Crippen LogP contribution in [0.15, 0.2) is 18.2 Å². The molecule has 0 spiro atoms. The highest BCUT2D eigenvalue weighted by Gasteiger charge is 2.16. The Morgan fingerprint density at radius 1 is 1.39 bits per heavy atom. The molecule has 0 amide bonds. The molecule has 0 bridgehead atoms. The number of hydrogen-bond acceptors (Lipinski definition) is 4. The zero-order chi connectivity index (χ0) is 13.0. The highest BCUT2D eigenvalue weighted by atomic mass is 35.5. The fraction of sp³-hybridized carbons (Fsp3) is 0.462. The van der Waals surface area contributed by atoms with Gasteiger partial charge in [0.15, 0.2) is 0 Å². The number of carbonyl (C=O) groups excluding carboxylic acids is 1. The van der Waals surface area contributed by atoms with Gasteiger partial charge in [-0.3, -0.25) is 0 Å². The molecule has 98 valence electrons. The Bertz CT molecular complexity index is 430. The number of piperidine rings is 1. The lowest BCUT2D eigenvalue weighted by molar-refractivity contribution is 0.0600. The van der Waals surface area contributed by atoms with Gasteiger partial charge in [0.25, 0.3) is 0 Å². The molecule has 5 heteroatoms. The van der Waals surface area contributed by atoms with Crippen LogP contribution < -0.4 is 10.1 Å². The van der Waals surface area contributed by atoms with Crippen molar-refractivity contribution in [2.45, 2.75) is 18.9 Å². The van der Waals surface area contributed by atoms with Crippen molar-refractivity contribution in [1.29, 1.82) is 0 Å². The van der Waals surface area contributed by atoms with Gasteiger partial charge in [-0.2, -0.15) is 0 Å². The predicted octanol–water partition coefficient (Wildman–Crippen LogP) is 2.26. The third-order valence-corrected chi connectivity index (χ3v) is 3.23. The Hall–Kier alpha value is -1.26. The molecule has 18 heavy (non-hydrogen) atoms. The third-order valence-electron chi connectivity index (χ3n) is 2.93. The Balaban J connectivity index is 2.07. The number of nitrogens with one attached hydrogen (secondary N) is 1. The van der Waals surface area contributed by atoms with Crippen LogP contribution in [-0.4, -0.2) is 32.3 Å². The largest absolute Gasteiger partial charge is 0.489 e. The van der Waals surface area contributed by atoms with Gasteiger partial charge in [-0.15, -0.1) is 0 Å². The van der Waals surface area contributed by atoms with Gasteiger partial charge in [0, 0.05) is 0 Å². The van der Waals surface area contributed by atoms with Crippen LogP contribution in [0.25, 0.3) is 0 Å². The van der Waals surface area contributed by atoms with E-state index in [2.05, 4.69) is 10.1 Å². The molecule has 0 atom stereocenters. The molecule has 0 radical (unpaired) electrons. The fourth-order valence-electron chi connectivity index (χ4n) is 1.93. The Kier molecular flexibility index (Phi) is 4.44. The van der Waals surface area contributed by atoms with Gasteiger partial charge in [0.1, 0.15) is 11.9 Å². The predicted molar refractivity (Wildman–Crippen MR) is 69.3 cm³/mol. The maximum absolute atomic E-state index is 11.3. The van der Waals surface area contributed by atoms with E-state index in [1.165, 1.54) is 7.11 Å². The molecule has 1 aromatic rings. The molecule has 4 nitrogen and oxygen atoms in total. The molecular formula is C13H16ClNO3. The summed E-state index contributed by atoms with van der Waals surface area (Å²) in [5.74, 6) is 0.224. The Morgan fingerprint density at radius 2 is 2.11 bits per heavy atom. The van der Waals surface area contributed by atoms with Gasteiger partial charge in [-0.25, -0.2) is 4.79 Å². The molecule has 1 aliphatic heterocycles. The molecule has 1 aliphatic rings. The second kappa shape index (κ2) is 6.07. The standard InChI is InChI=1S/C13H16ClNO3/c1-17-13(16)9-2-3-12(11(14)8-9)18-10-4-6-15-7-5-10/h2-3,8,10,15H,4-7H2,1H3. The molecule has 1 heterocycles. The van der Waals surface area contributed by atoms with Crippen LogP contribution in [0.1, 0.15) is 23.2 Å². The van der Waals surface area contributed by atoms with E-state index >= 15 is 0 Å². The van der Waals surface area contributed by atoms with Gasteiger partial charge in [-0.1, -0.05) is 11.6 Å². The van der Waals surface area contributed by atoms with Crippen LogP contribution in [0, 0.1) is 0 Å². The minimum atomic E-state index is -0.398. The van der Waals surface area contributed by atoms with Crippen LogP contribution in [0.3, 0.4) is 0 Å². The summed E-state index contributed by atoms with van der Waals surface area (Å²) < 4.78 is 10.5. The lowest BCUT2D eigenvalue weighted by Crippen LogP contribution is -2.34. The van der Waals surface area contributed by atoms with Crippen LogP contribution >= 0.6 is 11.6 Å². The highest BCUT2D eigenvalue weighted by molar-refractivity contribution is 6.32. The molecule has 2 rings (SSSR count). The summed E-state index contributed by atoms with van der Waals surface area (Å²) in [6.45, 7) is 1.92. The van der Waals surface area contributed by atoms with Crippen molar-refractivity contribution in [1.82, 2.24) is 5.32 Å². The average Bonchev–Trinajstić information content (AvgIpc) is 2.41. The normalized spacial score (nSPS) is 16.3. The van der Waals surface area contributed by atoms with Crippen LogP contribution in [-0.2, 0) is 4.74 Å². The van der Waals surface area contributed by atoms with Crippen molar-refractivity contribution in [3.05, 3.63) is 28.8 Å². The van der Waals surface area contributed by atoms with E-state index < -0.39 is 5.97 Å². The molecule has 1 fully saturated rings. The summed E-state index contributed by atoms with van der Waals surface area (Å²) in [5, 5.41) is 3.71. The lowest BCUT2D eigenvalue weighted by Gasteiger charge is -2.24. The van der Waals surface area contributed by atoms with E-state index in [-0.39, 0.29) is 6.10 Å². The van der Waals surface area contributed by atoms with Crippen molar-refractivity contribution >= 4 is 17.6 Å². The van der Waals surface area contributed by atoms with Crippen molar-refractivity contribution in [2.75, 3.05) is 20.2 Å². The van der Waals surface area contributed by atoms with E-state index in [0.29, 0.717) is 16.3 Å². The van der Waals surface area contributed by atoms with Gasteiger partial charge < -0.3 is 14.8 Å². The molecule has 0 unspecified atom stereocenters. The number of benzene rings is 1. The summed E-state index contributed by atoms with van der Waals surface area (Å²) >= 11 is 6.10. The smallest absolute Gasteiger partial charge is 0.337 e. The lowest BCUT2D eigenvalue weighted by atomic mass is 10.1. The molecule has 0 saturated carbocycles. The SMILES string of the molecule is COC(=O)c1ccc(OC2CCNCC2)c(Cl)c1.